The van der Waals surface area contributed by atoms with Gasteiger partial charge in [0.25, 0.3) is 5.91 Å². The predicted molar refractivity (Wildman–Crippen MR) is 108 cm³/mol. The Morgan fingerprint density at radius 2 is 2.07 bits per heavy atom. The van der Waals surface area contributed by atoms with E-state index < -0.39 is 5.60 Å². The van der Waals surface area contributed by atoms with Crippen molar-refractivity contribution in [1.82, 2.24) is 20.4 Å². The topological polar surface area (TPSA) is 82.4 Å². The summed E-state index contributed by atoms with van der Waals surface area (Å²) in [4.78, 5) is 15.2. The van der Waals surface area contributed by atoms with Crippen LogP contribution in [0.1, 0.15) is 49.0 Å². The number of hydrogen-bond acceptors (Lipinski definition) is 5. The van der Waals surface area contributed by atoms with Gasteiger partial charge in [-0.25, -0.2) is 0 Å². The molecule has 28 heavy (non-hydrogen) atoms. The van der Waals surface area contributed by atoms with Gasteiger partial charge in [0.15, 0.2) is 5.69 Å². The molecule has 8 heteroatoms. The van der Waals surface area contributed by atoms with E-state index in [1.807, 2.05) is 14.1 Å². The van der Waals surface area contributed by atoms with Crippen molar-refractivity contribution in [2.45, 2.75) is 56.2 Å². The van der Waals surface area contributed by atoms with Gasteiger partial charge in [0.2, 0.25) is 0 Å². The molecular weight excluding hydrogens is 378 g/mol. The van der Waals surface area contributed by atoms with Crippen molar-refractivity contribution < 1.29 is 9.90 Å². The zero-order valence-corrected chi connectivity index (χ0v) is 17.4. The van der Waals surface area contributed by atoms with Crippen LogP contribution in [0, 0.1) is 17.8 Å². The molecule has 3 N–H and O–H groups in total. The number of halogens is 1. The molecule has 3 atom stereocenters. The number of carbonyl (C=O) groups excluding carboxylic acids is 1. The minimum Gasteiger partial charge on any atom is -0.390 e. The molecule has 1 aliphatic heterocycles. The highest BCUT2D eigenvalue weighted by Crippen LogP contribution is 2.55. The Morgan fingerprint density at radius 1 is 1.36 bits per heavy atom. The fourth-order valence-corrected chi connectivity index (χ4v) is 6.98. The lowest BCUT2D eigenvalue weighted by Crippen LogP contribution is -2.61. The SMILES string of the molecule is CN(c1c(Cl)c(C(=O)N[C@H]2C3CC4CC2C[C@](O)(C4)C3)nn1C)[C@H]1CCNC1. The first-order valence-corrected chi connectivity index (χ1v) is 10.9. The molecule has 2 unspecified atom stereocenters. The molecule has 1 saturated heterocycles. The highest BCUT2D eigenvalue weighted by Gasteiger charge is 2.55. The molecular formula is C20H30ClN5O2. The van der Waals surface area contributed by atoms with Gasteiger partial charge in [-0.15, -0.1) is 0 Å². The monoisotopic (exact) mass is 407 g/mol. The molecule has 4 aliphatic carbocycles. The van der Waals surface area contributed by atoms with E-state index in [1.54, 1.807) is 4.68 Å². The Balaban J connectivity index is 1.34. The summed E-state index contributed by atoms with van der Waals surface area (Å²) in [6.07, 6.45) is 5.84. The molecule has 1 aromatic rings. The molecule has 0 spiro atoms. The molecule has 1 aromatic heterocycles. The van der Waals surface area contributed by atoms with E-state index in [-0.39, 0.29) is 11.9 Å². The summed E-state index contributed by atoms with van der Waals surface area (Å²) in [6.45, 7) is 1.91. The van der Waals surface area contributed by atoms with E-state index in [4.69, 9.17) is 11.6 Å². The zero-order valence-electron chi connectivity index (χ0n) is 16.6. The summed E-state index contributed by atoms with van der Waals surface area (Å²) in [7, 11) is 3.86. The molecule has 2 heterocycles. The minimum absolute atomic E-state index is 0.127. The van der Waals surface area contributed by atoms with Crippen molar-refractivity contribution in [1.29, 1.82) is 0 Å². The van der Waals surface area contributed by atoms with E-state index in [9.17, 15) is 9.90 Å². The van der Waals surface area contributed by atoms with Crippen molar-refractivity contribution in [3.05, 3.63) is 10.7 Å². The number of amides is 1. The number of nitrogens with one attached hydrogen (secondary N) is 2. The lowest BCUT2D eigenvalue weighted by molar-refractivity contribution is -0.136. The van der Waals surface area contributed by atoms with Gasteiger partial charge in [-0.05, 0) is 62.8 Å². The van der Waals surface area contributed by atoms with Crippen molar-refractivity contribution in [3.8, 4) is 0 Å². The van der Waals surface area contributed by atoms with Crippen LogP contribution in [0.2, 0.25) is 5.02 Å². The third-order valence-corrected chi connectivity index (χ3v) is 7.98. The summed E-state index contributed by atoms with van der Waals surface area (Å²) >= 11 is 6.64. The van der Waals surface area contributed by atoms with Crippen molar-refractivity contribution in [3.63, 3.8) is 0 Å². The van der Waals surface area contributed by atoms with Gasteiger partial charge in [-0.2, -0.15) is 5.10 Å². The molecule has 0 radical (unpaired) electrons. The zero-order chi connectivity index (χ0) is 19.6. The van der Waals surface area contributed by atoms with Gasteiger partial charge in [0, 0.05) is 32.7 Å². The Labute approximate surface area is 170 Å². The Morgan fingerprint density at radius 3 is 2.68 bits per heavy atom. The van der Waals surface area contributed by atoms with Gasteiger partial charge in [-0.3, -0.25) is 9.48 Å². The second kappa shape index (κ2) is 6.61. The molecule has 154 valence electrons. The van der Waals surface area contributed by atoms with Gasteiger partial charge < -0.3 is 20.6 Å². The molecule has 5 aliphatic rings. The number of likely N-dealkylation sites (N-methyl/N-ethyl adjacent to an activating group) is 1. The van der Waals surface area contributed by atoms with Crippen LogP contribution in [0.15, 0.2) is 0 Å². The van der Waals surface area contributed by atoms with Crippen molar-refractivity contribution in [2.75, 3.05) is 25.0 Å². The van der Waals surface area contributed by atoms with E-state index in [0.717, 1.165) is 57.4 Å². The van der Waals surface area contributed by atoms with Crippen molar-refractivity contribution >= 4 is 23.3 Å². The van der Waals surface area contributed by atoms with E-state index in [1.165, 1.54) is 0 Å². The minimum atomic E-state index is -0.494. The van der Waals surface area contributed by atoms with E-state index >= 15 is 0 Å². The summed E-state index contributed by atoms with van der Waals surface area (Å²) in [5.41, 5.74) is -0.185. The highest BCUT2D eigenvalue weighted by molar-refractivity contribution is 6.36. The number of nitrogens with zero attached hydrogens (tertiary/aromatic N) is 3. The predicted octanol–water partition coefficient (Wildman–Crippen LogP) is 1.54. The molecule has 5 fully saturated rings. The van der Waals surface area contributed by atoms with Gasteiger partial charge >= 0.3 is 0 Å². The Kier molecular flexibility index (Phi) is 4.41. The number of carbonyl (C=O) groups is 1. The number of aliphatic hydroxyl groups is 1. The summed E-state index contributed by atoms with van der Waals surface area (Å²) in [6, 6.07) is 0.483. The first kappa shape index (κ1) is 18.7. The second-order valence-electron chi connectivity index (χ2n) is 9.56. The lowest BCUT2D eigenvalue weighted by atomic mass is 9.52. The fraction of sp³-hybridized carbons (Fsp3) is 0.800. The van der Waals surface area contributed by atoms with Crippen LogP contribution in [-0.2, 0) is 7.05 Å². The van der Waals surface area contributed by atoms with Gasteiger partial charge in [-0.1, -0.05) is 11.6 Å². The Bertz CT molecular complexity index is 774. The molecule has 1 amide bonds. The Hall–Kier alpha value is -1.31. The summed E-state index contributed by atoms with van der Waals surface area (Å²) in [5.74, 6) is 1.97. The normalized spacial score (nSPS) is 38.8. The average Bonchev–Trinajstić information content (AvgIpc) is 3.24. The standard InChI is InChI=1S/C20H30ClN5O2/c1-25(14-3-4-22-10-14)19-15(21)17(24-26(19)2)18(27)23-16-12-5-11-6-13(16)9-20(28,7-11)8-12/h11-14,16,22,28H,3-10H2,1-2H3,(H,23,27)/t11?,12?,13?,14-,16-,20-/m0/s1. The van der Waals surface area contributed by atoms with Crippen LogP contribution in [0.5, 0.6) is 0 Å². The second-order valence-corrected chi connectivity index (χ2v) is 9.94. The largest absolute Gasteiger partial charge is 0.390 e. The third kappa shape index (κ3) is 2.94. The van der Waals surface area contributed by atoms with Crippen molar-refractivity contribution in [2.24, 2.45) is 24.8 Å². The van der Waals surface area contributed by atoms with Crippen LogP contribution < -0.4 is 15.5 Å². The number of rotatable bonds is 4. The van der Waals surface area contributed by atoms with Crippen LogP contribution in [0.4, 0.5) is 5.82 Å². The van der Waals surface area contributed by atoms with E-state index in [2.05, 4.69) is 20.6 Å². The third-order valence-electron chi connectivity index (χ3n) is 7.63. The van der Waals surface area contributed by atoms with Gasteiger partial charge in [0.05, 0.1) is 5.60 Å². The number of aryl methyl sites for hydroxylation is 1. The van der Waals surface area contributed by atoms with Crippen LogP contribution in [0.25, 0.3) is 0 Å². The molecule has 6 rings (SSSR count). The van der Waals surface area contributed by atoms with E-state index in [0.29, 0.717) is 34.5 Å². The summed E-state index contributed by atoms with van der Waals surface area (Å²) < 4.78 is 1.72. The first-order valence-electron chi connectivity index (χ1n) is 10.5. The number of anilines is 1. The summed E-state index contributed by atoms with van der Waals surface area (Å²) in [5, 5.41) is 22.3. The maximum absolute atomic E-state index is 13.1. The molecule has 7 nitrogen and oxygen atoms in total. The molecule has 4 bridgehead atoms. The average molecular weight is 408 g/mol. The number of aromatic nitrogens is 2. The molecule has 4 saturated carbocycles. The van der Waals surface area contributed by atoms with Gasteiger partial charge in [0.1, 0.15) is 10.8 Å². The number of hydrogen-bond donors (Lipinski definition) is 3. The van der Waals surface area contributed by atoms with Crippen LogP contribution in [-0.4, -0.2) is 58.6 Å². The van der Waals surface area contributed by atoms with Crippen LogP contribution >= 0.6 is 11.6 Å². The first-order chi connectivity index (χ1) is 13.3. The smallest absolute Gasteiger partial charge is 0.273 e. The highest BCUT2D eigenvalue weighted by atomic mass is 35.5. The quantitative estimate of drug-likeness (QED) is 0.705. The lowest BCUT2D eigenvalue weighted by Gasteiger charge is -2.58. The maximum atomic E-state index is 13.1. The van der Waals surface area contributed by atoms with Crippen LogP contribution in [0.3, 0.4) is 0 Å². The fourth-order valence-electron chi connectivity index (χ4n) is 6.60. The molecule has 0 aromatic carbocycles. The maximum Gasteiger partial charge on any atom is 0.273 e.